The van der Waals surface area contributed by atoms with Crippen LogP contribution in [0.15, 0.2) is 30.5 Å². The fourth-order valence-electron chi connectivity index (χ4n) is 3.61. The SMILES string of the molecule is C[Si](C)(O)CCCNC(=O)CC[C@H](NC(=O)c1ccc(NCc2cnc3nc(N)nc(N)c3n2)cc1)C(=O)O. The largest absolute Gasteiger partial charge is 0.480 e. The van der Waals surface area contributed by atoms with Gasteiger partial charge in [0.1, 0.15) is 6.04 Å². The van der Waals surface area contributed by atoms with E-state index in [0.29, 0.717) is 48.1 Å². The quantitative estimate of drug-likeness (QED) is 0.115. The van der Waals surface area contributed by atoms with Gasteiger partial charge in [-0.3, -0.25) is 9.59 Å². The lowest BCUT2D eigenvalue weighted by atomic mass is 10.1. The van der Waals surface area contributed by atoms with Gasteiger partial charge in [-0.05, 0) is 56.2 Å². The second-order valence-electron chi connectivity index (χ2n) is 9.60. The summed E-state index contributed by atoms with van der Waals surface area (Å²) >= 11 is 0. The van der Waals surface area contributed by atoms with E-state index in [1.165, 1.54) is 6.20 Å². The van der Waals surface area contributed by atoms with Gasteiger partial charge in [0.05, 0.1) is 18.4 Å². The third-order valence-corrected chi connectivity index (χ3v) is 7.25. The van der Waals surface area contributed by atoms with Crippen molar-refractivity contribution >= 4 is 54.7 Å². The number of amides is 2. The molecule has 0 bridgehead atoms. The lowest BCUT2D eigenvalue weighted by Gasteiger charge is -2.16. The number of carbonyl (C=O) groups is 3. The minimum absolute atomic E-state index is 0.0140. The molecule has 15 heteroatoms. The predicted molar refractivity (Wildman–Crippen MR) is 148 cm³/mol. The van der Waals surface area contributed by atoms with E-state index in [4.69, 9.17) is 11.5 Å². The molecule has 0 aliphatic heterocycles. The van der Waals surface area contributed by atoms with Gasteiger partial charge in [-0.25, -0.2) is 14.8 Å². The van der Waals surface area contributed by atoms with Crippen LogP contribution in [0.3, 0.4) is 0 Å². The zero-order chi connectivity index (χ0) is 28.6. The van der Waals surface area contributed by atoms with Crippen molar-refractivity contribution < 1.29 is 24.3 Å². The summed E-state index contributed by atoms with van der Waals surface area (Å²) in [6, 6.07) is 5.88. The molecule has 2 heterocycles. The van der Waals surface area contributed by atoms with Crippen LogP contribution in [-0.4, -0.2) is 68.5 Å². The highest BCUT2D eigenvalue weighted by molar-refractivity contribution is 6.69. The van der Waals surface area contributed by atoms with Gasteiger partial charge in [-0.1, -0.05) is 0 Å². The molecule has 14 nitrogen and oxygen atoms in total. The van der Waals surface area contributed by atoms with E-state index < -0.39 is 26.2 Å². The number of anilines is 3. The van der Waals surface area contributed by atoms with Crippen LogP contribution in [0.25, 0.3) is 11.2 Å². The Kier molecular flexibility index (Phi) is 9.67. The number of carbonyl (C=O) groups excluding carboxylic acids is 2. The lowest BCUT2D eigenvalue weighted by molar-refractivity contribution is -0.139. The van der Waals surface area contributed by atoms with Crippen LogP contribution in [0.1, 0.15) is 35.3 Å². The molecule has 0 saturated heterocycles. The first-order chi connectivity index (χ1) is 18.4. The van der Waals surface area contributed by atoms with Crippen molar-refractivity contribution in [2.45, 2.75) is 51.0 Å². The molecule has 208 valence electrons. The Morgan fingerprint density at radius 1 is 1.08 bits per heavy atom. The van der Waals surface area contributed by atoms with Gasteiger partial charge in [0.15, 0.2) is 25.3 Å². The Morgan fingerprint density at radius 2 is 1.79 bits per heavy atom. The number of fused-ring (bicyclic) bond motifs is 1. The summed E-state index contributed by atoms with van der Waals surface area (Å²) in [6.07, 6.45) is 2.08. The highest BCUT2D eigenvalue weighted by Crippen LogP contribution is 2.16. The first-order valence-electron chi connectivity index (χ1n) is 12.3. The van der Waals surface area contributed by atoms with Crippen LogP contribution < -0.4 is 27.4 Å². The van der Waals surface area contributed by atoms with Gasteiger partial charge < -0.3 is 37.3 Å². The molecule has 0 unspecified atom stereocenters. The second-order valence-corrected chi connectivity index (χ2v) is 13.7. The van der Waals surface area contributed by atoms with Gasteiger partial charge in [0.25, 0.3) is 5.91 Å². The molecule has 0 aliphatic carbocycles. The number of carboxylic acids is 1. The number of nitrogen functional groups attached to an aromatic ring is 2. The van der Waals surface area contributed by atoms with Crippen LogP contribution in [0.2, 0.25) is 19.1 Å². The Morgan fingerprint density at radius 3 is 2.46 bits per heavy atom. The monoisotopic (exact) mass is 555 g/mol. The summed E-state index contributed by atoms with van der Waals surface area (Å²) in [5.74, 6) is -1.96. The number of hydrogen-bond donors (Lipinski definition) is 7. The number of benzene rings is 1. The Balaban J connectivity index is 1.49. The van der Waals surface area contributed by atoms with Crippen LogP contribution >= 0.6 is 0 Å². The molecule has 0 fully saturated rings. The molecule has 0 radical (unpaired) electrons. The van der Waals surface area contributed by atoms with Crippen molar-refractivity contribution in [3.8, 4) is 0 Å². The number of rotatable bonds is 13. The van der Waals surface area contributed by atoms with E-state index in [9.17, 15) is 24.3 Å². The van der Waals surface area contributed by atoms with Crippen molar-refractivity contribution in [1.82, 2.24) is 30.6 Å². The average molecular weight is 556 g/mol. The van der Waals surface area contributed by atoms with Gasteiger partial charge in [-0.2, -0.15) is 9.97 Å². The number of nitrogens with two attached hydrogens (primary N) is 2. The summed E-state index contributed by atoms with van der Waals surface area (Å²) in [5, 5.41) is 17.8. The van der Waals surface area contributed by atoms with Crippen LogP contribution in [-0.2, 0) is 16.1 Å². The number of hydrogen-bond acceptors (Lipinski definition) is 11. The first-order valence-corrected chi connectivity index (χ1v) is 15.5. The third-order valence-electron chi connectivity index (χ3n) is 5.67. The minimum Gasteiger partial charge on any atom is -0.480 e. The topological polar surface area (TPSA) is 231 Å². The fraction of sp³-hybridized carbons (Fsp3) is 0.375. The first kappa shape index (κ1) is 29.2. The van der Waals surface area contributed by atoms with Crippen molar-refractivity contribution in [3.63, 3.8) is 0 Å². The van der Waals surface area contributed by atoms with E-state index in [0.717, 1.165) is 0 Å². The van der Waals surface area contributed by atoms with E-state index in [1.54, 1.807) is 24.3 Å². The highest BCUT2D eigenvalue weighted by Gasteiger charge is 2.22. The number of carboxylic acid groups (broad SMARTS) is 1. The third kappa shape index (κ3) is 9.15. The number of aromatic nitrogens is 4. The molecule has 0 aliphatic rings. The Bertz CT molecular complexity index is 1330. The summed E-state index contributed by atoms with van der Waals surface area (Å²) in [6.45, 7) is 4.36. The Labute approximate surface area is 225 Å². The molecule has 39 heavy (non-hydrogen) atoms. The van der Waals surface area contributed by atoms with Gasteiger partial charge in [0, 0.05) is 24.2 Å². The number of nitrogens with one attached hydrogen (secondary N) is 3. The van der Waals surface area contributed by atoms with Crippen molar-refractivity contribution in [2.75, 3.05) is 23.3 Å². The molecule has 0 spiro atoms. The summed E-state index contributed by atoms with van der Waals surface area (Å²) in [4.78, 5) is 62.6. The molecule has 1 atom stereocenters. The lowest BCUT2D eigenvalue weighted by Crippen LogP contribution is -2.41. The molecule has 0 saturated carbocycles. The number of nitrogens with zero attached hydrogens (tertiary/aromatic N) is 4. The number of aliphatic carboxylic acids is 1. The predicted octanol–water partition coefficient (Wildman–Crippen LogP) is 0.863. The molecule has 2 amide bonds. The maximum atomic E-state index is 12.6. The minimum atomic E-state index is -2.17. The summed E-state index contributed by atoms with van der Waals surface area (Å²) in [5.41, 5.74) is 13.6. The van der Waals surface area contributed by atoms with Gasteiger partial charge in [0.2, 0.25) is 11.9 Å². The summed E-state index contributed by atoms with van der Waals surface area (Å²) < 4.78 is 0. The summed E-state index contributed by atoms with van der Waals surface area (Å²) in [7, 11) is -2.17. The van der Waals surface area contributed by atoms with E-state index in [1.807, 2.05) is 13.1 Å². The molecule has 1 aromatic carbocycles. The van der Waals surface area contributed by atoms with Crippen LogP contribution in [0, 0.1) is 0 Å². The smallest absolute Gasteiger partial charge is 0.326 e. The van der Waals surface area contributed by atoms with Crippen molar-refractivity contribution in [3.05, 3.63) is 41.7 Å². The zero-order valence-electron chi connectivity index (χ0n) is 21.8. The van der Waals surface area contributed by atoms with Crippen molar-refractivity contribution in [2.24, 2.45) is 0 Å². The van der Waals surface area contributed by atoms with E-state index in [2.05, 4.69) is 35.9 Å². The maximum absolute atomic E-state index is 12.6. The molecule has 3 rings (SSSR count). The highest BCUT2D eigenvalue weighted by atomic mass is 28.4. The Hall–Kier alpha value is -4.37. The van der Waals surface area contributed by atoms with Gasteiger partial charge in [-0.15, -0.1) is 0 Å². The van der Waals surface area contributed by atoms with Crippen LogP contribution in [0.5, 0.6) is 0 Å². The normalized spacial score (nSPS) is 12.1. The fourth-order valence-corrected chi connectivity index (χ4v) is 4.65. The molecule has 9 N–H and O–H groups in total. The van der Waals surface area contributed by atoms with Gasteiger partial charge >= 0.3 is 5.97 Å². The van der Waals surface area contributed by atoms with E-state index in [-0.39, 0.29) is 36.1 Å². The van der Waals surface area contributed by atoms with Crippen LogP contribution in [0.4, 0.5) is 17.5 Å². The average Bonchev–Trinajstić information content (AvgIpc) is 2.87. The molecular weight excluding hydrogens is 522 g/mol. The zero-order valence-corrected chi connectivity index (χ0v) is 22.8. The standard InChI is InChI=1S/C24H33N9O5Si/c1-39(2,38)11-3-10-27-18(34)9-8-17(23(36)37)31-22(35)14-4-6-15(7-5-14)28-12-16-13-29-21-19(30-16)20(25)32-24(26)33-21/h4-7,13,17,28,38H,3,8-12H2,1-2H3,(H,27,34)(H,31,35)(H,36,37)(H4,25,26,29,32,33)/t17-/m0/s1. The van der Waals surface area contributed by atoms with Crippen molar-refractivity contribution in [1.29, 1.82) is 0 Å². The molecular formula is C24H33N9O5Si. The van der Waals surface area contributed by atoms with E-state index >= 15 is 0 Å². The maximum Gasteiger partial charge on any atom is 0.326 e. The molecule has 3 aromatic rings. The second kappa shape index (κ2) is 12.9. The molecule has 2 aromatic heterocycles.